The first-order chi connectivity index (χ1) is 12.5. The van der Waals surface area contributed by atoms with Gasteiger partial charge in [-0.1, -0.05) is 13.5 Å². The molecule has 27 heavy (non-hydrogen) atoms. The Morgan fingerprint density at radius 2 is 2.00 bits per heavy atom. The molecule has 2 aromatic rings. The van der Waals surface area contributed by atoms with E-state index in [0.717, 1.165) is 0 Å². The van der Waals surface area contributed by atoms with E-state index in [2.05, 4.69) is 11.7 Å². The molecule has 0 aliphatic heterocycles. The number of hydrogen-bond donors (Lipinski definition) is 1. The summed E-state index contributed by atoms with van der Waals surface area (Å²) in [6.07, 6.45) is -0.424. The fraction of sp³-hybridized carbons (Fsp3) is 0.294. The summed E-state index contributed by atoms with van der Waals surface area (Å²) in [6.45, 7) is 4.47. The molecule has 1 amide bonds. The summed E-state index contributed by atoms with van der Waals surface area (Å²) in [5.41, 5.74) is 0.419. The number of benzene rings is 1. The number of nitrogens with one attached hydrogen (secondary N) is 1. The maximum absolute atomic E-state index is 13.6. The van der Waals surface area contributed by atoms with Crippen LogP contribution >= 0.6 is 0 Å². The molecular weight excluding hydrogens is 383 g/mol. The van der Waals surface area contributed by atoms with E-state index < -0.39 is 45.9 Å². The predicted octanol–water partition coefficient (Wildman–Crippen LogP) is 2.97. The third-order valence-corrected chi connectivity index (χ3v) is 5.55. The van der Waals surface area contributed by atoms with Crippen molar-refractivity contribution in [1.29, 1.82) is 0 Å². The molecule has 1 fully saturated rings. The molecule has 0 radical (unpaired) electrons. The Kier molecular flexibility index (Phi) is 4.62. The van der Waals surface area contributed by atoms with Gasteiger partial charge in [0.2, 0.25) is 0 Å². The quantitative estimate of drug-likeness (QED) is 0.838. The van der Waals surface area contributed by atoms with Crippen LogP contribution in [0.1, 0.15) is 35.4 Å². The van der Waals surface area contributed by atoms with Gasteiger partial charge in [-0.15, -0.1) is 0 Å². The predicted molar refractivity (Wildman–Crippen MR) is 91.6 cm³/mol. The largest absolute Gasteiger partial charge is 0.285 e. The van der Waals surface area contributed by atoms with Crippen LogP contribution in [0, 0.1) is 11.7 Å². The van der Waals surface area contributed by atoms with Gasteiger partial charge in [-0.3, -0.25) is 4.79 Å². The molecule has 10 heteroatoms. The molecule has 3 rings (SSSR count). The summed E-state index contributed by atoms with van der Waals surface area (Å²) < 4.78 is 66.5. The van der Waals surface area contributed by atoms with Crippen molar-refractivity contribution in [3.8, 4) is 5.69 Å². The van der Waals surface area contributed by atoms with E-state index in [4.69, 9.17) is 0 Å². The molecule has 0 unspecified atom stereocenters. The Hall–Kier alpha value is -2.62. The van der Waals surface area contributed by atoms with Gasteiger partial charge >= 0.3 is 0 Å². The normalized spacial score (nSPS) is 21.3. The average Bonchev–Trinajstić information content (AvgIpc) is 3.05. The zero-order chi connectivity index (χ0) is 20.0. The van der Waals surface area contributed by atoms with Crippen molar-refractivity contribution in [2.45, 2.75) is 25.2 Å². The highest BCUT2D eigenvalue weighted by Crippen LogP contribution is 2.53. The van der Waals surface area contributed by atoms with Crippen LogP contribution in [-0.2, 0) is 10.0 Å². The van der Waals surface area contributed by atoms with Gasteiger partial charge in [0.25, 0.3) is 21.9 Å². The minimum absolute atomic E-state index is 0.262. The number of sulfonamides is 1. The van der Waals surface area contributed by atoms with Gasteiger partial charge in [0, 0.05) is 29.4 Å². The zero-order valence-electron chi connectivity index (χ0n) is 14.2. The van der Waals surface area contributed by atoms with E-state index >= 15 is 0 Å². The molecule has 0 spiro atoms. The van der Waals surface area contributed by atoms with Crippen LogP contribution in [0.4, 0.5) is 13.2 Å². The first kappa shape index (κ1) is 19.2. The Balaban J connectivity index is 2.03. The molecule has 1 N–H and O–H groups in total. The molecule has 1 saturated carbocycles. The van der Waals surface area contributed by atoms with Crippen LogP contribution < -0.4 is 4.72 Å². The molecular formula is C17H16F3N3O3S. The summed E-state index contributed by atoms with van der Waals surface area (Å²) in [5.74, 6) is -5.92. The van der Waals surface area contributed by atoms with Gasteiger partial charge in [-0.25, -0.2) is 31.0 Å². The Morgan fingerprint density at radius 1 is 1.37 bits per heavy atom. The number of amides is 1. The van der Waals surface area contributed by atoms with Gasteiger partial charge in [0.15, 0.2) is 5.69 Å². The first-order valence-electron chi connectivity index (χ1n) is 7.97. The maximum Gasteiger partial charge on any atom is 0.285 e. The van der Waals surface area contributed by atoms with Gasteiger partial charge in [0.05, 0.1) is 5.69 Å². The van der Waals surface area contributed by atoms with Gasteiger partial charge in [-0.2, -0.15) is 5.10 Å². The lowest BCUT2D eigenvalue weighted by Crippen LogP contribution is -2.44. The third-order valence-electron chi connectivity index (χ3n) is 4.64. The van der Waals surface area contributed by atoms with Crippen LogP contribution in [0.15, 0.2) is 42.3 Å². The SMILES string of the molecule is C=CS(=O)(=O)NC(=O)c1cc([C@@H]2CC(F)(F)[C@H]2C)n(-c2ccc(F)cc2)n1. The van der Waals surface area contributed by atoms with E-state index in [9.17, 15) is 26.4 Å². The highest BCUT2D eigenvalue weighted by atomic mass is 32.2. The molecule has 144 valence electrons. The molecule has 0 saturated heterocycles. The fourth-order valence-corrected chi connectivity index (χ4v) is 3.38. The summed E-state index contributed by atoms with van der Waals surface area (Å²) in [6, 6.07) is 6.38. The number of rotatable bonds is 5. The summed E-state index contributed by atoms with van der Waals surface area (Å²) >= 11 is 0. The number of carbonyl (C=O) groups excluding carboxylic acids is 1. The van der Waals surface area contributed by atoms with Crippen molar-refractivity contribution in [2.24, 2.45) is 5.92 Å². The van der Waals surface area contributed by atoms with Crippen molar-refractivity contribution >= 4 is 15.9 Å². The van der Waals surface area contributed by atoms with E-state index in [-0.39, 0.29) is 5.69 Å². The van der Waals surface area contributed by atoms with E-state index in [1.165, 1.54) is 41.9 Å². The standard InChI is InChI=1S/C17H16F3N3O3S/c1-3-27(25,26)22-16(24)14-8-15(13-9-17(19,20)10(13)2)23(21-14)12-6-4-11(18)5-7-12/h3-8,10,13H,1,9H2,2H3,(H,22,24)/t10-,13+/m0/s1. The maximum atomic E-state index is 13.6. The highest BCUT2D eigenvalue weighted by molar-refractivity contribution is 7.92. The Labute approximate surface area is 153 Å². The lowest BCUT2D eigenvalue weighted by molar-refractivity contribution is -0.141. The molecule has 1 aliphatic rings. The number of nitrogens with zero attached hydrogens (tertiary/aromatic N) is 2. The second-order valence-electron chi connectivity index (χ2n) is 6.35. The fourth-order valence-electron chi connectivity index (χ4n) is 2.93. The van der Waals surface area contributed by atoms with Crippen LogP contribution in [0.5, 0.6) is 0 Å². The van der Waals surface area contributed by atoms with Crippen LogP contribution in [0.2, 0.25) is 0 Å². The number of hydrogen-bond acceptors (Lipinski definition) is 4. The van der Waals surface area contributed by atoms with Gasteiger partial charge in [0.1, 0.15) is 5.82 Å². The number of halogens is 3. The highest BCUT2D eigenvalue weighted by Gasteiger charge is 2.54. The zero-order valence-corrected chi connectivity index (χ0v) is 15.0. The van der Waals surface area contributed by atoms with Crippen LogP contribution in [-0.4, -0.2) is 30.0 Å². The van der Waals surface area contributed by atoms with Crippen molar-refractivity contribution in [3.63, 3.8) is 0 Å². The van der Waals surface area contributed by atoms with Crippen molar-refractivity contribution in [1.82, 2.24) is 14.5 Å². The molecule has 6 nitrogen and oxygen atoms in total. The number of alkyl halides is 2. The second kappa shape index (κ2) is 6.52. The number of carbonyl (C=O) groups is 1. The molecule has 2 atom stereocenters. The number of aromatic nitrogens is 2. The molecule has 1 aromatic carbocycles. The second-order valence-corrected chi connectivity index (χ2v) is 7.97. The minimum Gasteiger partial charge on any atom is -0.266 e. The minimum atomic E-state index is -4.04. The summed E-state index contributed by atoms with van der Waals surface area (Å²) in [5, 5.41) is 4.62. The molecule has 1 aliphatic carbocycles. The van der Waals surface area contributed by atoms with Gasteiger partial charge < -0.3 is 0 Å². The summed E-state index contributed by atoms with van der Waals surface area (Å²) in [7, 11) is -4.04. The smallest absolute Gasteiger partial charge is 0.266 e. The van der Waals surface area contributed by atoms with E-state index in [1.54, 1.807) is 4.72 Å². The third kappa shape index (κ3) is 3.61. The first-order valence-corrected chi connectivity index (χ1v) is 9.52. The molecule has 1 aromatic heterocycles. The monoisotopic (exact) mass is 399 g/mol. The van der Waals surface area contributed by atoms with E-state index in [1.807, 2.05) is 0 Å². The summed E-state index contributed by atoms with van der Waals surface area (Å²) in [4.78, 5) is 12.2. The van der Waals surface area contributed by atoms with Crippen molar-refractivity contribution in [3.05, 3.63) is 59.5 Å². The van der Waals surface area contributed by atoms with Gasteiger partial charge in [-0.05, 0) is 30.3 Å². The van der Waals surface area contributed by atoms with Crippen molar-refractivity contribution in [2.75, 3.05) is 0 Å². The average molecular weight is 399 g/mol. The van der Waals surface area contributed by atoms with Crippen LogP contribution in [0.3, 0.4) is 0 Å². The lowest BCUT2D eigenvalue weighted by Gasteiger charge is -2.42. The van der Waals surface area contributed by atoms with Crippen molar-refractivity contribution < 1.29 is 26.4 Å². The Morgan fingerprint density at radius 3 is 2.52 bits per heavy atom. The van der Waals surface area contributed by atoms with Crippen LogP contribution in [0.25, 0.3) is 5.69 Å². The van der Waals surface area contributed by atoms with E-state index in [0.29, 0.717) is 16.8 Å². The molecule has 1 heterocycles. The topological polar surface area (TPSA) is 81.1 Å². The lowest BCUT2D eigenvalue weighted by atomic mass is 9.69. The Bertz CT molecular complexity index is 1000. The molecule has 0 bridgehead atoms.